The fourth-order valence-electron chi connectivity index (χ4n) is 2.79. The maximum absolute atomic E-state index is 9.23. The predicted octanol–water partition coefficient (Wildman–Crippen LogP) is 3.15. The molecular formula is C19H35IN4O. The van der Waals surface area contributed by atoms with Crippen molar-refractivity contribution in [2.45, 2.75) is 47.0 Å². The van der Waals surface area contributed by atoms with E-state index in [1.165, 1.54) is 11.1 Å². The van der Waals surface area contributed by atoms with Gasteiger partial charge in [0.1, 0.15) is 0 Å². The van der Waals surface area contributed by atoms with E-state index in [-0.39, 0.29) is 30.6 Å². The smallest absolute Gasteiger partial charge is 0.191 e. The van der Waals surface area contributed by atoms with E-state index in [1.54, 1.807) is 0 Å². The number of nitrogens with one attached hydrogen (secondary N) is 2. The van der Waals surface area contributed by atoms with Gasteiger partial charge in [0.05, 0.1) is 0 Å². The van der Waals surface area contributed by atoms with Crippen LogP contribution in [0.4, 0.5) is 0 Å². The highest BCUT2D eigenvalue weighted by Gasteiger charge is 2.10. The van der Waals surface area contributed by atoms with E-state index < -0.39 is 0 Å². The fourth-order valence-corrected chi connectivity index (χ4v) is 2.79. The molecule has 25 heavy (non-hydrogen) atoms. The molecular weight excluding hydrogens is 427 g/mol. The molecule has 1 atom stereocenters. The highest BCUT2D eigenvalue weighted by molar-refractivity contribution is 14.0. The molecule has 0 aliphatic rings. The number of hydrogen-bond donors (Lipinski definition) is 3. The first-order chi connectivity index (χ1) is 11.6. The molecule has 0 spiro atoms. The molecule has 1 rings (SSSR count). The van der Waals surface area contributed by atoms with Gasteiger partial charge in [-0.25, -0.2) is 0 Å². The van der Waals surface area contributed by atoms with E-state index in [2.05, 4.69) is 49.4 Å². The molecule has 5 nitrogen and oxygen atoms in total. The molecule has 0 radical (unpaired) electrons. The van der Waals surface area contributed by atoms with E-state index in [1.807, 2.05) is 12.4 Å². The molecule has 0 saturated heterocycles. The van der Waals surface area contributed by atoms with E-state index in [9.17, 15) is 5.11 Å². The quantitative estimate of drug-likeness (QED) is 0.284. The van der Waals surface area contributed by atoms with E-state index in [0.717, 1.165) is 44.9 Å². The van der Waals surface area contributed by atoms with Gasteiger partial charge >= 0.3 is 0 Å². The standard InChI is InChI=1S/C19H34N4O.HI/c1-5-21-19(23-14-17(8-11-24)12-15(2)3)22-10-7-18-6-9-20-13-16(18)4;/h6,9,13,15,17,24H,5,7-8,10-12,14H2,1-4H3,(H2,21,22,23);1H. The van der Waals surface area contributed by atoms with Gasteiger partial charge in [-0.3, -0.25) is 9.98 Å². The molecule has 0 fully saturated rings. The zero-order valence-corrected chi connectivity index (χ0v) is 18.4. The van der Waals surface area contributed by atoms with Crippen molar-refractivity contribution in [3.05, 3.63) is 29.6 Å². The molecule has 1 heterocycles. The van der Waals surface area contributed by atoms with Crippen LogP contribution in [-0.2, 0) is 6.42 Å². The molecule has 1 unspecified atom stereocenters. The number of aliphatic hydroxyl groups excluding tert-OH is 1. The number of aliphatic hydroxyl groups is 1. The van der Waals surface area contributed by atoms with Crippen LogP contribution in [-0.4, -0.2) is 42.3 Å². The Labute approximate surface area is 170 Å². The van der Waals surface area contributed by atoms with Crippen LogP contribution in [0.3, 0.4) is 0 Å². The first kappa shape index (κ1) is 24.1. The normalized spacial score (nSPS) is 12.6. The average Bonchev–Trinajstić information content (AvgIpc) is 2.54. The molecule has 0 saturated carbocycles. The number of halogens is 1. The number of aromatic nitrogens is 1. The van der Waals surface area contributed by atoms with Crippen LogP contribution in [0.25, 0.3) is 0 Å². The van der Waals surface area contributed by atoms with Crippen molar-refractivity contribution < 1.29 is 5.11 Å². The SMILES string of the molecule is CCNC(=NCC(CCO)CC(C)C)NCCc1ccncc1C.I. The van der Waals surface area contributed by atoms with E-state index >= 15 is 0 Å². The van der Waals surface area contributed by atoms with Crippen molar-refractivity contribution >= 4 is 29.9 Å². The summed E-state index contributed by atoms with van der Waals surface area (Å²) in [5.41, 5.74) is 2.53. The van der Waals surface area contributed by atoms with Gasteiger partial charge < -0.3 is 15.7 Å². The van der Waals surface area contributed by atoms with Crippen LogP contribution < -0.4 is 10.6 Å². The van der Waals surface area contributed by atoms with Crippen LogP contribution in [0.2, 0.25) is 0 Å². The molecule has 1 aromatic rings. The molecule has 1 aromatic heterocycles. The first-order valence-corrected chi connectivity index (χ1v) is 9.09. The second kappa shape index (κ2) is 14.3. The lowest BCUT2D eigenvalue weighted by Crippen LogP contribution is -2.38. The zero-order valence-electron chi connectivity index (χ0n) is 16.1. The number of hydrogen-bond acceptors (Lipinski definition) is 3. The van der Waals surface area contributed by atoms with Crippen molar-refractivity contribution in [2.75, 3.05) is 26.2 Å². The first-order valence-electron chi connectivity index (χ1n) is 9.09. The Bertz CT molecular complexity index is 494. The predicted molar refractivity (Wildman–Crippen MR) is 117 cm³/mol. The molecule has 0 aliphatic carbocycles. The second-order valence-corrected chi connectivity index (χ2v) is 6.71. The Balaban J connectivity index is 0.00000576. The van der Waals surface area contributed by atoms with Crippen LogP contribution >= 0.6 is 24.0 Å². The van der Waals surface area contributed by atoms with Crippen LogP contribution in [0.5, 0.6) is 0 Å². The second-order valence-electron chi connectivity index (χ2n) is 6.71. The lowest BCUT2D eigenvalue weighted by atomic mass is 9.94. The number of guanidine groups is 1. The molecule has 6 heteroatoms. The van der Waals surface area contributed by atoms with Crippen LogP contribution in [0, 0.1) is 18.8 Å². The Morgan fingerprint density at radius 1 is 1.32 bits per heavy atom. The van der Waals surface area contributed by atoms with Gasteiger partial charge in [0.25, 0.3) is 0 Å². The third kappa shape index (κ3) is 10.6. The Morgan fingerprint density at radius 2 is 2.08 bits per heavy atom. The number of aliphatic imine (C=N–C) groups is 1. The Hall–Kier alpha value is -0.890. The number of rotatable bonds is 10. The summed E-state index contributed by atoms with van der Waals surface area (Å²) in [7, 11) is 0. The molecule has 0 amide bonds. The van der Waals surface area contributed by atoms with Crippen LogP contribution in [0.15, 0.2) is 23.5 Å². The molecule has 3 N–H and O–H groups in total. The molecule has 0 aromatic carbocycles. The topological polar surface area (TPSA) is 69.5 Å². The summed E-state index contributed by atoms with van der Waals surface area (Å²) in [6, 6.07) is 2.07. The fraction of sp³-hybridized carbons (Fsp3) is 0.684. The minimum atomic E-state index is 0. The maximum Gasteiger partial charge on any atom is 0.191 e. The Morgan fingerprint density at radius 3 is 2.68 bits per heavy atom. The number of pyridine rings is 1. The molecule has 144 valence electrons. The van der Waals surface area contributed by atoms with Crippen LogP contribution in [0.1, 0.15) is 44.7 Å². The summed E-state index contributed by atoms with van der Waals surface area (Å²) >= 11 is 0. The van der Waals surface area contributed by atoms with Gasteiger partial charge in [-0.2, -0.15) is 0 Å². The third-order valence-electron chi connectivity index (χ3n) is 4.02. The summed E-state index contributed by atoms with van der Waals surface area (Å²) < 4.78 is 0. The average molecular weight is 462 g/mol. The third-order valence-corrected chi connectivity index (χ3v) is 4.02. The number of aryl methyl sites for hydroxylation is 1. The number of nitrogens with zero attached hydrogens (tertiary/aromatic N) is 2. The summed E-state index contributed by atoms with van der Waals surface area (Å²) in [5, 5.41) is 15.9. The van der Waals surface area contributed by atoms with E-state index in [0.29, 0.717) is 11.8 Å². The Kier molecular flexibility index (Phi) is 13.8. The van der Waals surface area contributed by atoms with Crippen molar-refractivity contribution in [3.8, 4) is 0 Å². The zero-order chi connectivity index (χ0) is 17.8. The van der Waals surface area contributed by atoms with Gasteiger partial charge in [0.15, 0.2) is 5.96 Å². The minimum absolute atomic E-state index is 0. The lowest BCUT2D eigenvalue weighted by molar-refractivity contribution is 0.245. The lowest BCUT2D eigenvalue weighted by Gasteiger charge is -2.17. The van der Waals surface area contributed by atoms with Gasteiger partial charge in [-0.1, -0.05) is 13.8 Å². The van der Waals surface area contributed by atoms with Crippen molar-refractivity contribution in [3.63, 3.8) is 0 Å². The summed E-state index contributed by atoms with van der Waals surface area (Å²) in [4.78, 5) is 8.84. The highest BCUT2D eigenvalue weighted by atomic mass is 127. The summed E-state index contributed by atoms with van der Waals surface area (Å²) in [5.74, 6) is 1.92. The van der Waals surface area contributed by atoms with Crippen molar-refractivity contribution in [1.82, 2.24) is 15.6 Å². The maximum atomic E-state index is 9.23. The summed E-state index contributed by atoms with van der Waals surface area (Å²) in [6.45, 7) is 11.3. The van der Waals surface area contributed by atoms with E-state index in [4.69, 9.17) is 4.99 Å². The van der Waals surface area contributed by atoms with Gasteiger partial charge in [0.2, 0.25) is 0 Å². The monoisotopic (exact) mass is 462 g/mol. The molecule has 0 aliphatic heterocycles. The summed E-state index contributed by atoms with van der Waals surface area (Å²) in [6.07, 6.45) is 6.61. The van der Waals surface area contributed by atoms with Crippen molar-refractivity contribution in [1.29, 1.82) is 0 Å². The van der Waals surface area contributed by atoms with Gasteiger partial charge in [0, 0.05) is 38.6 Å². The highest BCUT2D eigenvalue weighted by Crippen LogP contribution is 2.15. The molecule has 0 bridgehead atoms. The van der Waals surface area contributed by atoms with Crippen molar-refractivity contribution in [2.24, 2.45) is 16.8 Å². The minimum Gasteiger partial charge on any atom is -0.396 e. The van der Waals surface area contributed by atoms with Gasteiger partial charge in [-0.15, -0.1) is 24.0 Å². The van der Waals surface area contributed by atoms with Gasteiger partial charge in [-0.05, 0) is 62.1 Å². The largest absolute Gasteiger partial charge is 0.396 e.